The van der Waals surface area contributed by atoms with Crippen LogP contribution in [-0.2, 0) is 0 Å². The molecular formula is C11H12OS. The Bertz CT molecular complexity index is 392. The molecular weight excluding hydrogens is 180 g/mol. The highest BCUT2D eigenvalue weighted by Crippen LogP contribution is 2.29. The van der Waals surface area contributed by atoms with Gasteiger partial charge in [0.1, 0.15) is 5.75 Å². The number of benzene rings is 1. The first kappa shape index (κ1) is 8.57. The topological polar surface area (TPSA) is 9.23 Å². The number of hydrogen-bond donors (Lipinski definition) is 0. The SMILES string of the molecule is CCCOc1cccc2sccc12. The van der Waals surface area contributed by atoms with Crippen molar-refractivity contribution in [3.8, 4) is 5.75 Å². The fraction of sp³-hybridized carbons (Fsp3) is 0.273. The van der Waals surface area contributed by atoms with Crippen LogP contribution in [0.3, 0.4) is 0 Å². The van der Waals surface area contributed by atoms with Gasteiger partial charge in [0.25, 0.3) is 0 Å². The molecule has 2 heteroatoms. The van der Waals surface area contributed by atoms with E-state index in [0.29, 0.717) is 0 Å². The molecule has 0 unspecified atom stereocenters. The summed E-state index contributed by atoms with van der Waals surface area (Å²) in [4.78, 5) is 0. The molecule has 68 valence electrons. The van der Waals surface area contributed by atoms with Crippen LogP contribution in [0.2, 0.25) is 0 Å². The third-order valence-electron chi connectivity index (χ3n) is 1.92. The minimum Gasteiger partial charge on any atom is -0.493 e. The Morgan fingerprint density at radius 3 is 3.08 bits per heavy atom. The fourth-order valence-electron chi connectivity index (χ4n) is 1.30. The third-order valence-corrected chi connectivity index (χ3v) is 2.80. The van der Waals surface area contributed by atoms with Gasteiger partial charge in [0.15, 0.2) is 0 Å². The Hall–Kier alpha value is -1.02. The van der Waals surface area contributed by atoms with E-state index in [9.17, 15) is 0 Å². The summed E-state index contributed by atoms with van der Waals surface area (Å²) in [5, 5.41) is 3.34. The summed E-state index contributed by atoms with van der Waals surface area (Å²) in [6.07, 6.45) is 1.06. The molecule has 0 bridgehead atoms. The lowest BCUT2D eigenvalue weighted by atomic mass is 10.2. The van der Waals surface area contributed by atoms with Crippen molar-refractivity contribution in [1.29, 1.82) is 0 Å². The van der Waals surface area contributed by atoms with Gasteiger partial charge in [-0.25, -0.2) is 0 Å². The van der Waals surface area contributed by atoms with Crippen LogP contribution in [0.5, 0.6) is 5.75 Å². The Morgan fingerprint density at radius 2 is 2.23 bits per heavy atom. The van der Waals surface area contributed by atoms with E-state index in [1.54, 1.807) is 11.3 Å². The van der Waals surface area contributed by atoms with E-state index in [-0.39, 0.29) is 0 Å². The third kappa shape index (κ3) is 1.68. The molecule has 0 amide bonds. The summed E-state index contributed by atoms with van der Waals surface area (Å²) in [6, 6.07) is 8.32. The van der Waals surface area contributed by atoms with Crippen molar-refractivity contribution in [2.24, 2.45) is 0 Å². The smallest absolute Gasteiger partial charge is 0.127 e. The highest BCUT2D eigenvalue weighted by molar-refractivity contribution is 7.17. The van der Waals surface area contributed by atoms with E-state index in [0.717, 1.165) is 18.8 Å². The molecule has 1 heterocycles. The second kappa shape index (κ2) is 3.79. The van der Waals surface area contributed by atoms with Crippen LogP contribution in [0.1, 0.15) is 13.3 Å². The predicted molar refractivity (Wildman–Crippen MR) is 57.6 cm³/mol. The molecule has 1 aromatic carbocycles. The molecule has 13 heavy (non-hydrogen) atoms. The van der Waals surface area contributed by atoms with Gasteiger partial charge in [0.2, 0.25) is 0 Å². The molecule has 0 fully saturated rings. The van der Waals surface area contributed by atoms with Crippen LogP contribution in [0.4, 0.5) is 0 Å². The standard InChI is InChI=1S/C11H12OS/c1-2-7-12-10-4-3-5-11-9(10)6-8-13-11/h3-6,8H,2,7H2,1H3. The molecule has 0 spiro atoms. The zero-order chi connectivity index (χ0) is 9.10. The van der Waals surface area contributed by atoms with Crippen LogP contribution in [0, 0.1) is 0 Å². The molecule has 0 aliphatic heterocycles. The van der Waals surface area contributed by atoms with E-state index >= 15 is 0 Å². The first-order chi connectivity index (χ1) is 6.42. The molecule has 1 aromatic heterocycles. The normalized spacial score (nSPS) is 10.5. The van der Waals surface area contributed by atoms with Gasteiger partial charge >= 0.3 is 0 Å². The number of fused-ring (bicyclic) bond motifs is 1. The van der Waals surface area contributed by atoms with Crippen molar-refractivity contribution in [1.82, 2.24) is 0 Å². The molecule has 0 aliphatic rings. The second-order valence-corrected chi connectivity index (χ2v) is 3.88. The summed E-state index contributed by atoms with van der Waals surface area (Å²) in [7, 11) is 0. The highest BCUT2D eigenvalue weighted by Gasteiger charge is 2.01. The van der Waals surface area contributed by atoms with Crippen molar-refractivity contribution >= 4 is 21.4 Å². The zero-order valence-electron chi connectivity index (χ0n) is 7.62. The molecule has 0 saturated carbocycles. The zero-order valence-corrected chi connectivity index (χ0v) is 8.43. The average molecular weight is 192 g/mol. The molecule has 0 N–H and O–H groups in total. The monoisotopic (exact) mass is 192 g/mol. The molecule has 1 nitrogen and oxygen atoms in total. The van der Waals surface area contributed by atoms with E-state index in [1.807, 2.05) is 12.1 Å². The van der Waals surface area contributed by atoms with Crippen LogP contribution in [-0.4, -0.2) is 6.61 Å². The molecule has 2 rings (SSSR count). The lowest BCUT2D eigenvalue weighted by molar-refractivity contribution is 0.321. The molecule has 0 saturated heterocycles. The number of rotatable bonds is 3. The molecule has 0 radical (unpaired) electrons. The van der Waals surface area contributed by atoms with Gasteiger partial charge < -0.3 is 4.74 Å². The number of thiophene rings is 1. The van der Waals surface area contributed by atoms with Crippen molar-refractivity contribution < 1.29 is 4.74 Å². The highest BCUT2D eigenvalue weighted by atomic mass is 32.1. The largest absolute Gasteiger partial charge is 0.493 e. The summed E-state index contributed by atoms with van der Waals surface area (Å²) >= 11 is 1.75. The second-order valence-electron chi connectivity index (χ2n) is 2.94. The maximum Gasteiger partial charge on any atom is 0.127 e. The van der Waals surface area contributed by atoms with Crippen LogP contribution < -0.4 is 4.74 Å². The van der Waals surface area contributed by atoms with Gasteiger partial charge in [-0.05, 0) is 30.0 Å². The van der Waals surface area contributed by atoms with Crippen LogP contribution in [0.25, 0.3) is 10.1 Å². The first-order valence-corrected chi connectivity index (χ1v) is 5.39. The van der Waals surface area contributed by atoms with Crippen LogP contribution >= 0.6 is 11.3 Å². The van der Waals surface area contributed by atoms with Crippen molar-refractivity contribution in [2.75, 3.05) is 6.61 Å². The van der Waals surface area contributed by atoms with Gasteiger partial charge in [-0.2, -0.15) is 0 Å². The Labute approximate surface area is 82.0 Å². The fourth-order valence-corrected chi connectivity index (χ4v) is 2.11. The lowest BCUT2D eigenvalue weighted by Gasteiger charge is -2.04. The lowest BCUT2D eigenvalue weighted by Crippen LogP contribution is -1.94. The first-order valence-electron chi connectivity index (χ1n) is 4.51. The number of ether oxygens (including phenoxy) is 1. The Morgan fingerprint density at radius 1 is 1.31 bits per heavy atom. The minimum absolute atomic E-state index is 0.801. The molecule has 2 aromatic rings. The van der Waals surface area contributed by atoms with Gasteiger partial charge in [0, 0.05) is 10.1 Å². The van der Waals surface area contributed by atoms with Gasteiger partial charge in [-0.3, -0.25) is 0 Å². The number of hydrogen-bond acceptors (Lipinski definition) is 2. The Balaban J connectivity index is 2.37. The van der Waals surface area contributed by atoms with Gasteiger partial charge in [-0.1, -0.05) is 13.0 Å². The summed E-state index contributed by atoms with van der Waals surface area (Å²) in [5.74, 6) is 1.01. The minimum atomic E-state index is 0.801. The van der Waals surface area contributed by atoms with Crippen molar-refractivity contribution in [3.05, 3.63) is 29.6 Å². The summed E-state index contributed by atoms with van der Waals surface area (Å²) < 4.78 is 6.93. The van der Waals surface area contributed by atoms with E-state index in [4.69, 9.17) is 4.74 Å². The van der Waals surface area contributed by atoms with Gasteiger partial charge in [-0.15, -0.1) is 11.3 Å². The van der Waals surface area contributed by atoms with Gasteiger partial charge in [0.05, 0.1) is 6.61 Å². The van der Waals surface area contributed by atoms with Crippen LogP contribution in [0.15, 0.2) is 29.6 Å². The van der Waals surface area contributed by atoms with E-state index in [2.05, 4.69) is 24.4 Å². The Kier molecular flexibility index (Phi) is 2.50. The maximum absolute atomic E-state index is 5.63. The quantitative estimate of drug-likeness (QED) is 0.720. The van der Waals surface area contributed by atoms with E-state index in [1.165, 1.54) is 10.1 Å². The maximum atomic E-state index is 5.63. The average Bonchev–Trinajstić information content (AvgIpc) is 2.62. The summed E-state index contributed by atoms with van der Waals surface area (Å²) in [5.41, 5.74) is 0. The molecule has 0 aliphatic carbocycles. The van der Waals surface area contributed by atoms with Crippen molar-refractivity contribution in [2.45, 2.75) is 13.3 Å². The van der Waals surface area contributed by atoms with Crippen molar-refractivity contribution in [3.63, 3.8) is 0 Å². The predicted octanol–water partition coefficient (Wildman–Crippen LogP) is 3.69. The van der Waals surface area contributed by atoms with E-state index < -0.39 is 0 Å². The molecule has 0 atom stereocenters. The summed E-state index contributed by atoms with van der Waals surface area (Å²) in [6.45, 7) is 2.92.